The molecule has 1 saturated heterocycles. The molecule has 0 spiro atoms. The Morgan fingerprint density at radius 3 is 1.34 bits per heavy atom. The topological polar surface area (TPSA) is 149 Å². The van der Waals surface area contributed by atoms with E-state index >= 15 is 0 Å². The smallest absolute Gasteiger partial charge is 0.220 e. The Morgan fingerprint density at radius 1 is 0.515 bits per heavy atom. The molecule has 0 aromatic rings. The molecule has 6 N–H and O–H groups in total. The van der Waals surface area contributed by atoms with Gasteiger partial charge in [-0.15, -0.1) is 0 Å². The summed E-state index contributed by atoms with van der Waals surface area (Å²) in [6.45, 7) is 3.78. The number of hydrogen-bond acceptors (Lipinski definition) is 8. The molecule has 9 nitrogen and oxygen atoms in total. The van der Waals surface area contributed by atoms with Gasteiger partial charge < -0.3 is 40.3 Å². The van der Waals surface area contributed by atoms with Crippen molar-refractivity contribution in [3.63, 3.8) is 0 Å². The van der Waals surface area contributed by atoms with Gasteiger partial charge in [0.1, 0.15) is 24.4 Å². The molecule has 0 aliphatic carbocycles. The highest BCUT2D eigenvalue weighted by molar-refractivity contribution is 5.76. The summed E-state index contributed by atoms with van der Waals surface area (Å²) >= 11 is 0. The number of aliphatic hydroxyl groups is 5. The molecule has 1 heterocycles. The largest absolute Gasteiger partial charge is 0.394 e. The van der Waals surface area contributed by atoms with E-state index in [0.29, 0.717) is 12.8 Å². The predicted molar refractivity (Wildman–Crippen MR) is 286 cm³/mol. The fraction of sp³-hybridized carbons (Fsp3) is 0.915. The van der Waals surface area contributed by atoms with E-state index in [2.05, 4.69) is 43.5 Å². The number of aliphatic hydroxyl groups excluding tert-OH is 5. The van der Waals surface area contributed by atoms with Crippen LogP contribution in [-0.2, 0) is 14.3 Å². The van der Waals surface area contributed by atoms with Crippen molar-refractivity contribution in [2.24, 2.45) is 0 Å². The van der Waals surface area contributed by atoms with Crippen LogP contribution in [-0.4, -0.2) is 87.5 Å². The monoisotopic (exact) mass is 964 g/mol. The summed E-state index contributed by atoms with van der Waals surface area (Å²) in [6.07, 6.45) is 54.9. The van der Waals surface area contributed by atoms with Crippen LogP contribution in [0.4, 0.5) is 0 Å². The third-order valence-corrected chi connectivity index (χ3v) is 14.3. The molecule has 1 amide bonds. The highest BCUT2D eigenvalue weighted by Gasteiger charge is 2.44. The Labute approximate surface area is 419 Å². The number of carbonyl (C=O) groups excluding carboxylic acids is 1. The molecule has 402 valence electrons. The Hall–Kier alpha value is -1.33. The van der Waals surface area contributed by atoms with Gasteiger partial charge in [-0.05, 0) is 38.5 Å². The van der Waals surface area contributed by atoms with Crippen LogP contribution < -0.4 is 5.32 Å². The first kappa shape index (κ1) is 64.7. The van der Waals surface area contributed by atoms with Gasteiger partial charge in [0.25, 0.3) is 0 Å². The number of ether oxygens (including phenoxy) is 2. The molecule has 1 fully saturated rings. The SMILES string of the molecule is CC/C=C\C/C=C\CCCCCCCCCCCCCCCCC(=O)NC(COC1OC(CO)C(O)C(O)C1O)C(O)CCCCCCCCCCCCCCCCCCCCCCCCCC. The van der Waals surface area contributed by atoms with Crippen molar-refractivity contribution in [3.8, 4) is 0 Å². The Bertz CT molecular complexity index is 1120. The number of hydrogen-bond donors (Lipinski definition) is 6. The Morgan fingerprint density at radius 2 is 0.912 bits per heavy atom. The fourth-order valence-electron chi connectivity index (χ4n) is 9.67. The molecule has 7 unspecified atom stereocenters. The summed E-state index contributed by atoms with van der Waals surface area (Å²) in [5.74, 6) is -0.140. The second-order valence-electron chi connectivity index (χ2n) is 20.8. The lowest BCUT2D eigenvalue weighted by Crippen LogP contribution is -2.60. The van der Waals surface area contributed by atoms with Gasteiger partial charge in [-0.1, -0.05) is 269 Å². The lowest BCUT2D eigenvalue weighted by Gasteiger charge is -2.40. The van der Waals surface area contributed by atoms with Crippen LogP contribution in [0.2, 0.25) is 0 Å². The maximum Gasteiger partial charge on any atom is 0.220 e. The summed E-state index contributed by atoms with van der Waals surface area (Å²) in [4.78, 5) is 13.1. The van der Waals surface area contributed by atoms with Crippen molar-refractivity contribution >= 4 is 5.91 Å². The summed E-state index contributed by atoms with van der Waals surface area (Å²) in [5.41, 5.74) is 0. The highest BCUT2D eigenvalue weighted by atomic mass is 16.7. The van der Waals surface area contributed by atoms with Crippen LogP contribution in [0.3, 0.4) is 0 Å². The average molecular weight is 965 g/mol. The lowest BCUT2D eigenvalue weighted by atomic mass is 9.99. The molecule has 0 aromatic carbocycles. The van der Waals surface area contributed by atoms with Crippen LogP contribution in [0.15, 0.2) is 24.3 Å². The van der Waals surface area contributed by atoms with E-state index in [9.17, 15) is 30.3 Å². The van der Waals surface area contributed by atoms with E-state index in [0.717, 1.165) is 51.4 Å². The van der Waals surface area contributed by atoms with Crippen LogP contribution in [0.5, 0.6) is 0 Å². The van der Waals surface area contributed by atoms with Gasteiger partial charge in [-0.3, -0.25) is 4.79 Å². The van der Waals surface area contributed by atoms with Gasteiger partial charge in [0.15, 0.2) is 6.29 Å². The van der Waals surface area contributed by atoms with E-state index in [1.165, 1.54) is 212 Å². The first-order valence-electron chi connectivity index (χ1n) is 29.5. The molecule has 0 bridgehead atoms. The number of rotatable bonds is 51. The molecular weight excluding hydrogens is 851 g/mol. The number of unbranched alkanes of at least 4 members (excludes halogenated alkanes) is 37. The maximum atomic E-state index is 13.1. The summed E-state index contributed by atoms with van der Waals surface area (Å²) in [5, 5.41) is 54.7. The molecule has 1 aliphatic heterocycles. The van der Waals surface area contributed by atoms with E-state index in [1.54, 1.807) is 0 Å². The van der Waals surface area contributed by atoms with E-state index in [-0.39, 0.29) is 12.5 Å². The highest BCUT2D eigenvalue weighted by Crippen LogP contribution is 2.23. The van der Waals surface area contributed by atoms with Crippen molar-refractivity contribution in [2.75, 3.05) is 13.2 Å². The van der Waals surface area contributed by atoms with Gasteiger partial charge in [0.2, 0.25) is 5.91 Å². The number of nitrogens with one attached hydrogen (secondary N) is 1. The Kier molecular flexibility index (Phi) is 46.9. The third-order valence-electron chi connectivity index (χ3n) is 14.3. The van der Waals surface area contributed by atoms with Crippen LogP contribution in [0.1, 0.15) is 290 Å². The molecule has 9 heteroatoms. The molecule has 68 heavy (non-hydrogen) atoms. The Balaban J connectivity index is 2.18. The van der Waals surface area contributed by atoms with Gasteiger partial charge in [-0.2, -0.15) is 0 Å². The lowest BCUT2D eigenvalue weighted by molar-refractivity contribution is -0.302. The van der Waals surface area contributed by atoms with Gasteiger partial charge in [-0.25, -0.2) is 0 Å². The van der Waals surface area contributed by atoms with Crippen molar-refractivity contribution in [3.05, 3.63) is 24.3 Å². The molecule has 1 aliphatic rings. The minimum absolute atomic E-state index is 0.134. The molecular formula is C59H113NO8. The second kappa shape index (κ2) is 49.3. The zero-order valence-corrected chi connectivity index (χ0v) is 44.6. The summed E-state index contributed by atoms with van der Waals surface area (Å²) in [6, 6.07) is -0.718. The fourth-order valence-corrected chi connectivity index (χ4v) is 9.67. The minimum Gasteiger partial charge on any atom is -0.394 e. The van der Waals surface area contributed by atoms with Crippen molar-refractivity contribution < 1.29 is 39.8 Å². The van der Waals surface area contributed by atoms with Crippen LogP contribution >= 0.6 is 0 Å². The minimum atomic E-state index is -1.55. The predicted octanol–water partition coefficient (Wildman–Crippen LogP) is 14.6. The van der Waals surface area contributed by atoms with Crippen molar-refractivity contribution in [1.29, 1.82) is 0 Å². The quantitative estimate of drug-likeness (QED) is 0.0261. The summed E-state index contributed by atoms with van der Waals surface area (Å²) < 4.78 is 11.3. The average Bonchev–Trinajstić information content (AvgIpc) is 3.34. The molecule has 0 saturated carbocycles. The zero-order valence-electron chi connectivity index (χ0n) is 44.6. The van der Waals surface area contributed by atoms with Gasteiger partial charge in [0, 0.05) is 6.42 Å². The molecule has 0 radical (unpaired) electrons. The van der Waals surface area contributed by atoms with Crippen LogP contribution in [0, 0.1) is 0 Å². The standard InChI is InChI=1S/C59H113NO8/c1-3-5-7-9-11-13-15-17-19-21-23-25-26-27-29-30-32-34-36-38-40-42-44-46-48-53(62)52(51-67-59-58(66)57(65)56(64)54(50-61)68-59)60-55(63)49-47-45-43-41-39-37-35-33-31-28-24-22-20-18-16-14-12-10-8-6-4-2/h6,8,12,14,52-54,56-59,61-62,64-66H,3-5,7,9-11,13,15-51H2,1-2H3,(H,60,63)/b8-6-,14-12-. The van der Waals surface area contributed by atoms with E-state index < -0.39 is 49.5 Å². The van der Waals surface area contributed by atoms with Gasteiger partial charge in [0.05, 0.1) is 25.4 Å². The second-order valence-corrected chi connectivity index (χ2v) is 20.8. The number of amides is 1. The number of carbonyl (C=O) groups is 1. The molecule has 1 rings (SSSR count). The van der Waals surface area contributed by atoms with Crippen molar-refractivity contribution in [1.82, 2.24) is 5.32 Å². The molecule has 0 aromatic heterocycles. The maximum absolute atomic E-state index is 13.1. The van der Waals surface area contributed by atoms with Gasteiger partial charge >= 0.3 is 0 Å². The molecule has 7 atom stereocenters. The van der Waals surface area contributed by atoms with E-state index in [4.69, 9.17) is 9.47 Å². The first-order valence-corrected chi connectivity index (χ1v) is 29.5. The van der Waals surface area contributed by atoms with E-state index in [1.807, 2.05) is 0 Å². The zero-order chi connectivity index (χ0) is 49.4. The number of allylic oxidation sites excluding steroid dienone is 4. The van der Waals surface area contributed by atoms with Crippen molar-refractivity contribution in [2.45, 2.75) is 333 Å². The normalized spacial score (nSPS) is 19.7. The first-order chi connectivity index (χ1) is 33.3. The van der Waals surface area contributed by atoms with Crippen LogP contribution in [0.25, 0.3) is 0 Å². The summed E-state index contributed by atoms with van der Waals surface area (Å²) in [7, 11) is 0. The third kappa shape index (κ3) is 38.4.